The first-order valence-corrected chi connectivity index (χ1v) is 8.99. The highest BCUT2D eigenvalue weighted by molar-refractivity contribution is 7.89. The van der Waals surface area contributed by atoms with Crippen LogP contribution in [0.3, 0.4) is 0 Å². The van der Waals surface area contributed by atoms with Crippen molar-refractivity contribution >= 4 is 10.0 Å². The van der Waals surface area contributed by atoms with Crippen LogP contribution in [0.2, 0.25) is 0 Å². The van der Waals surface area contributed by atoms with Gasteiger partial charge in [0.1, 0.15) is 0 Å². The maximum atomic E-state index is 12.5. The maximum absolute atomic E-state index is 12.5. The van der Waals surface area contributed by atoms with Gasteiger partial charge >= 0.3 is 0 Å². The first-order valence-electron chi connectivity index (χ1n) is 7.39. The molecule has 0 N–H and O–H groups in total. The van der Waals surface area contributed by atoms with Gasteiger partial charge in [0.25, 0.3) is 0 Å². The van der Waals surface area contributed by atoms with Crippen molar-refractivity contribution in [2.45, 2.75) is 45.6 Å². The fourth-order valence-electron chi connectivity index (χ4n) is 3.06. The van der Waals surface area contributed by atoms with Crippen molar-refractivity contribution < 1.29 is 8.42 Å². The zero-order valence-electron chi connectivity index (χ0n) is 12.7. The van der Waals surface area contributed by atoms with Gasteiger partial charge in [-0.25, -0.2) is 8.42 Å². The van der Waals surface area contributed by atoms with Crippen LogP contribution in [0.4, 0.5) is 0 Å². The predicted octanol–water partition coefficient (Wildman–Crippen LogP) is 3.07. The van der Waals surface area contributed by atoms with E-state index in [0.29, 0.717) is 19.4 Å². The second-order valence-electron chi connectivity index (χ2n) is 5.77. The normalized spacial score (nSPS) is 19.6. The molecule has 1 heterocycles. The third-order valence-corrected chi connectivity index (χ3v) is 5.84. The molecule has 0 aliphatic carbocycles. The van der Waals surface area contributed by atoms with Gasteiger partial charge in [-0.15, -0.1) is 0 Å². The van der Waals surface area contributed by atoms with Crippen LogP contribution in [-0.2, 0) is 10.0 Å². The summed E-state index contributed by atoms with van der Waals surface area (Å²) >= 11 is 0. The molecule has 0 bridgehead atoms. The van der Waals surface area contributed by atoms with Crippen LogP contribution in [0.1, 0.15) is 48.4 Å². The van der Waals surface area contributed by atoms with Gasteiger partial charge in [-0.2, -0.15) is 9.57 Å². The first kappa shape index (κ1) is 16.0. The Bertz CT molecular complexity index is 626. The zero-order chi connectivity index (χ0) is 15.5. The molecule has 0 saturated carbocycles. The molecule has 1 fully saturated rings. The number of hydrogen-bond acceptors (Lipinski definition) is 3. The van der Waals surface area contributed by atoms with Gasteiger partial charge in [0.05, 0.1) is 11.8 Å². The van der Waals surface area contributed by atoms with Crippen LogP contribution in [0.5, 0.6) is 0 Å². The maximum Gasteiger partial charge on any atom is 0.214 e. The van der Waals surface area contributed by atoms with Crippen molar-refractivity contribution in [3.8, 4) is 6.07 Å². The number of hydrogen-bond donors (Lipinski definition) is 0. The molecule has 2 rings (SSSR count). The lowest BCUT2D eigenvalue weighted by molar-refractivity contribution is 0.396. The number of sulfonamides is 1. The smallest absolute Gasteiger partial charge is 0.212 e. The lowest BCUT2D eigenvalue weighted by Crippen LogP contribution is -2.32. The molecule has 1 aromatic rings. The second-order valence-corrected chi connectivity index (χ2v) is 7.81. The molecule has 0 unspecified atom stereocenters. The van der Waals surface area contributed by atoms with Crippen molar-refractivity contribution in [1.82, 2.24) is 4.31 Å². The quantitative estimate of drug-likeness (QED) is 0.785. The van der Waals surface area contributed by atoms with Gasteiger partial charge < -0.3 is 0 Å². The Morgan fingerprint density at radius 2 is 1.95 bits per heavy atom. The van der Waals surface area contributed by atoms with E-state index in [2.05, 4.69) is 18.2 Å². The summed E-state index contributed by atoms with van der Waals surface area (Å²) in [7, 11) is -3.27. The lowest BCUT2D eigenvalue weighted by atomic mass is 10.0. The number of aryl methyl sites for hydroxylation is 2. The molecule has 5 heteroatoms. The monoisotopic (exact) mass is 306 g/mol. The number of nitrogens with zero attached hydrogens (tertiary/aromatic N) is 2. The molecule has 0 radical (unpaired) electrons. The fraction of sp³-hybridized carbons (Fsp3) is 0.562. The average Bonchev–Trinajstić information content (AvgIpc) is 2.87. The highest BCUT2D eigenvalue weighted by Gasteiger charge is 2.34. The van der Waals surface area contributed by atoms with Crippen LogP contribution in [0.15, 0.2) is 18.2 Å². The molecule has 0 spiro atoms. The number of nitriles is 1. The number of benzene rings is 1. The third-order valence-electron chi connectivity index (χ3n) is 3.88. The summed E-state index contributed by atoms with van der Waals surface area (Å²) in [5.41, 5.74) is 3.42. The van der Waals surface area contributed by atoms with Crippen LogP contribution in [-0.4, -0.2) is 25.0 Å². The summed E-state index contributed by atoms with van der Waals surface area (Å²) in [6.45, 7) is 4.67. The molecule has 1 aliphatic rings. The summed E-state index contributed by atoms with van der Waals surface area (Å²) in [5.74, 6) is 0.0713. The highest BCUT2D eigenvalue weighted by atomic mass is 32.2. The third kappa shape index (κ3) is 3.84. The van der Waals surface area contributed by atoms with Gasteiger partial charge in [0.2, 0.25) is 10.0 Å². The van der Waals surface area contributed by atoms with E-state index in [1.165, 1.54) is 11.1 Å². The van der Waals surface area contributed by atoms with E-state index in [9.17, 15) is 8.42 Å². The molecule has 21 heavy (non-hydrogen) atoms. The Morgan fingerprint density at radius 3 is 2.57 bits per heavy atom. The standard InChI is InChI=1S/C16H22N2O2S/c1-13-10-14(2)12-15(11-13)16-6-5-8-18(16)21(19,20)9-4-3-7-17/h10-12,16H,3-6,8-9H2,1-2H3/t16-/m1/s1. The van der Waals surface area contributed by atoms with Gasteiger partial charge in [0.15, 0.2) is 0 Å². The number of unbranched alkanes of at least 4 members (excludes halogenated alkanes) is 1. The average molecular weight is 306 g/mol. The zero-order valence-corrected chi connectivity index (χ0v) is 13.5. The lowest BCUT2D eigenvalue weighted by Gasteiger charge is -2.25. The van der Waals surface area contributed by atoms with Gasteiger partial charge in [-0.3, -0.25) is 0 Å². The summed E-state index contributed by atoms with van der Waals surface area (Å²) in [6.07, 6.45) is 2.48. The van der Waals surface area contributed by atoms with Crippen LogP contribution >= 0.6 is 0 Å². The van der Waals surface area contributed by atoms with Gasteiger partial charge in [-0.05, 0) is 38.7 Å². The molecule has 1 aliphatic heterocycles. The number of rotatable bonds is 5. The van der Waals surface area contributed by atoms with Crippen molar-refractivity contribution in [3.63, 3.8) is 0 Å². The molecule has 1 atom stereocenters. The highest BCUT2D eigenvalue weighted by Crippen LogP contribution is 2.35. The molecule has 0 amide bonds. The van der Waals surface area contributed by atoms with E-state index in [0.717, 1.165) is 18.4 Å². The van der Waals surface area contributed by atoms with Crippen LogP contribution in [0.25, 0.3) is 0 Å². The largest absolute Gasteiger partial charge is 0.214 e. The minimum atomic E-state index is -3.27. The van der Waals surface area contributed by atoms with Crippen molar-refractivity contribution in [2.75, 3.05) is 12.3 Å². The summed E-state index contributed by atoms with van der Waals surface area (Å²) < 4.78 is 26.6. The Morgan fingerprint density at radius 1 is 1.29 bits per heavy atom. The van der Waals surface area contributed by atoms with Gasteiger partial charge in [-0.1, -0.05) is 29.3 Å². The van der Waals surface area contributed by atoms with Crippen molar-refractivity contribution in [1.29, 1.82) is 5.26 Å². The SMILES string of the molecule is Cc1cc(C)cc([C@H]2CCCN2S(=O)(=O)CCCC#N)c1. The minimum Gasteiger partial charge on any atom is -0.212 e. The second kappa shape index (κ2) is 6.59. The van der Waals surface area contributed by atoms with E-state index in [1.807, 2.05) is 19.9 Å². The van der Waals surface area contributed by atoms with Crippen LogP contribution in [0, 0.1) is 25.2 Å². The molecule has 1 aromatic carbocycles. The summed E-state index contributed by atoms with van der Waals surface area (Å²) in [6, 6.07) is 8.23. The van der Waals surface area contributed by atoms with E-state index < -0.39 is 10.0 Å². The van der Waals surface area contributed by atoms with Crippen molar-refractivity contribution in [2.24, 2.45) is 0 Å². The molecule has 0 aromatic heterocycles. The van der Waals surface area contributed by atoms with Gasteiger partial charge in [0, 0.05) is 19.0 Å². The first-order chi connectivity index (χ1) is 9.94. The Hall–Kier alpha value is -1.38. The summed E-state index contributed by atoms with van der Waals surface area (Å²) in [4.78, 5) is 0. The van der Waals surface area contributed by atoms with Crippen molar-refractivity contribution in [3.05, 3.63) is 34.9 Å². The Balaban J connectivity index is 2.22. The topological polar surface area (TPSA) is 61.2 Å². The van der Waals surface area contributed by atoms with E-state index in [-0.39, 0.29) is 11.8 Å². The minimum absolute atomic E-state index is 0.0457. The molecular weight excluding hydrogens is 284 g/mol. The van der Waals surface area contributed by atoms with E-state index in [1.54, 1.807) is 4.31 Å². The molecule has 1 saturated heterocycles. The summed E-state index contributed by atoms with van der Waals surface area (Å²) in [5, 5.41) is 8.56. The molecule has 4 nitrogen and oxygen atoms in total. The van der Waals surface area contributed by atoms with E-state index >= 15 is 0 Å². The van der Waals surface area contributed by atoms with E-state index in [4.69, 9.17) is 5.26 Å². The fourth-order valence-corrected chi connectivity index (χ4v) is 4.83. The Labute approximate surface area is 127 Å². The predicted molar refractivity (Wildman–Crippen MR) is 83.2 cm³/mol. The molecule has 114 valence electrons. The Kier molecular flexibility index (Phi) is 5.02. The molecular formula is C16H22N2O2S. The van der Waals surface area contributed by atoms with Crippen LogP contribution < -0.4 is 0 Å².